The van der Waals surface area contributed by atoms with Crippen molar-refractivity contribution in [2.45, 2.75) is 19.4 Å². The molecule has 0 bridgehead atoms. The van der Waals surface area contributed by atoms with E-state index >= 15 is 0 Å². The molecule has 0 unspecified atom stereocenters. The second-order valence-electron chi connectivity index (χ2n) is 4.57. The van der Waals surface area contributed by atoms with Crippen LogP contribution in [-0.2, 0) is 0 Å². The lowest BCUT2D eigenvalue weighted by Gasteiger charge is -2.35. The van der Waals surface area contributed by atoms with E-state index in [0.29, 0.717) is 37.3 Å². The number of rotatable bonds is 3. The molecule has 1 N–H and O–H groups in total. The van der Waals surface area contributed by atoms with Gasteiger partial charge in [-0.25, -0.2) is 13.2 Å². The zero-order chi connectivity index (χ0) is 13.1. The molecule has 1 saturated heterocycles. The van der Waals surface area contributed by atoms with Crippen LogP contribution in [0.2, 0.25) is 0 Å². The monoisotopic (exact) mass is 258 g/mol. The summed E-state index contributed by atoms with van der Waals surface area (Å²) in [6.07, 6.45) is -2.47. The lowest BCUT2D eigenvalue weighted by Crippen LogP contribution is -2.47. The van der Waals surface area contributed by atoms with Gasteiger partial charge in [0.15, 0.2) is 0 Å². The Labute approximate surface area is 105 Å². The molecule has 100 valence electrons. The van der Waals surface area contributed by atoms with E-state index in [-0.39, 0.29) is 5.82 Å². The number of aryl methyl sites for hydroxylation is 1. The standard InChI is InChI=1S/C13H17F3N2/c1-9-8-10(14)2-3-11(9)12(13(15)16)18-6-4-17-5-7-18/h2-3,8,12-13,17H,4-7H2,1H3/t12-/m0/s1. The fourth-order valence-electron chi connectivity index (χ4n) is 2.42. The maximum absolute atomic E-state index is 13.3. The van der Waals surface area contributed by atoms with E-state index in [0.717, 1.165) is 0 Å². The van der Waals surface area contributed by atoms with Crippen LogP contribution in [0, 0.1) is 12.7 Å². The molecule has 1 heterocycles. The van der Waals surface area contributed by atoms with Gasteiger partial charge in [0.05, 0.1) is 6.04 Å². The Morgan fingerprint density at radius 1 is 1.22 bits per heavy atom. The van der Waals surface area contributed by atoms with Gasteiger partial charge in [0.1, 0.15) is 5.82 Å². The number of nitrogens with one attached hydrogen (secondary N) is 1. The molecular formula is C13H17F3N2. The number of hydrogen-bond acceptors (Lipinski definition) is 2. The quantitative estimate of drug-likeness (QED) is 0.895. The Bertz CT molecular complexity index is 403. The molecule has 18 heavy (non-hydrogen) atoms. The van der Waals surface area contributed by atoms with E-state index in [2.05, 4.69) is 5.32 Å². The summed E-state index contributed by atoms with van der Waals surface area (Å²) in [7, 11) is 0. The highest BCUT2D eigenvalue weighted by Gasteiger charge is 2.31. The molecule has 0 saturated carbocycles. The van der Waals surface area contributed by atoms with Gasteiger partial charge in [0, 0.05) is 26.2 Å². The fraction of sp³-hybridized carbons (Fsp3) is 0.538. The molecule has 0 aliphatic carbocycles. The molecule has 0 amide bonds. The molecule has 1 aromatic carbocycles. The number of halogens is 3. The third kappa shape index (κ3) is 2.84. The minimum atomic E-state index is -2.47. The molecule has 2 rings (SSSR count). The number of benzene rings is 1. The minimum Gasteiger partial charge on any atom is -0.314 e. The van der Waals surface area contributed by atoms with E-state index in [1.807, 2.05) is 0 Å². The third-order valence-electron chi connectivity index (χ3n) is 3.33. The van der Waals surface area contributed by atoms with Crippen LogP contribution in [0.4, 0.5) is 13.2 Å². The van der Waals surface area contributed by atoms with E-state index in [9.17, 15) is 13.2 Å². The first-order chi connectivity index (χ1) is 8.59. The molecule has 0 spiro atoms. The van der Waals surface area contributed by atoms with Crippen LogP contribution in [-0.4, -0.2) is 37.5 Å². The Kier molecular flexibility index (Phi) is 4.24. The van der Waals surface area contributed by atoms with Crippen molar-refractivity contribution in [2.24, 2.45) is 0 Å². The van der Waals surface area contributed by atoms with E-state index in [4.69, 9.17) is 0 Å². The van der Waals surface area contributed by atoms with Gasteiger partial charge in [0.25, 0.3) is 6.43 Å². The van der Waals surface area contributed by atoms with Crippen LogP contribution >= 0.6 is 0 Å². The van der Waals surface area contributed by atoms with Crippen molar-refractivity contribution in [1.29, 1.82) is 0 Å². The molecule has 5 heteroatoms. The van der Waals surface area contributed by atoms with Crippen LogP contribution in [0.15, 0.2) is 18.2 Å². The average Bonchev–Trinajstić information content (AvgIpc) is 2.33. The molecule has 0 aromatic heterocycles. The highest BCUT2D eigenvalue weighted by atomic mass is 19.3. The second-order valence-corrected chi connectivity index (χ2v) is 4.57. The van der Waals surface area contributed by atoms with Gasteiger partial charge in [-0.15, -0.1) is 0 Å². The number of piperazine rings is 1. The summed E-state index contributed by atoms with van der Waals surface area (Å²) in [5, 5.41) is 3.14. The van der Waals surface area contributed by atoms with Crippen LogP contribution < -0.4 is 5.32 Å². The van der Waals surface area contributed by atoms with Gasteiger partial charge in [-0.2, -0.15) is 0 Å². The first kappa shape index (κ1) is 13.4. The predicted molar refractivity (Wildman–Crippen MR) is 64.3 cm³/mol. The van der Waals surface area contributed by atoms with Crippen molar-refractivity contribution >= 4 is 0 Å². The van der Waals surface area contributed by atoms with Crippen molar-refractivity contribution < 1.29 is 13.2 Å². The van der Waals surface area contributed by atoms with Crippen LogP contribution in [0.1, 0.15) is 17.2 Å². The van der Waals surface area contributed by atoms with Gasteiger partial charge in [-0.3, -0.25) is 4.90 Å². The molecule has 1 atom stereocenters. The van der Waals surface area contributed by atoms with Gasteiger partial charge < -0.3 is 5.32 Å². The maximum Gasteiger partial charge on any atom is 0.258 e. The average molecular weight is 258 g/mol. The Morgan fingerprint density at radius 2 is 1.89 bits per heavy atom. The van der Waals surface area contributed by atoms with Crippen molar-refractivity contribution in [3.05, 3.63) is 35.1 Å². The number of hydrogen-bond donors (Lipinski definition) is 1. The van der Waals surface area contributed by atoms with Crippen molar-refractivity contribution in [1.82, 2.24) is 10.2 Å². The lowest BCUT2D eigenvalue weighted by molar-refractivity contribution is 0.0178. The SMILES string of the molecule is Cc1cc(F)ccc1[C@@H](C(F)F)N1CCNCC1. The third-order valence-corrected chi connectivity index (χ3v) is 3.33. The maximum atomic E-state index is 13.3. The van der Waals surface area contributed by atoms with Crippen LogP contribution in [0.3, 0.4) is 0 Å². The highest BCUT2D eigenvalue weighted by Crippen LogP contribution is 2.30. The van der Waals surface area contributed by atoms with Crippen LogP contribution in [0.25, 0.3) is 0 Å². The Hall–Kier alpha value is -1.07. The topological polar surface area (TPSA) is 15.3 Å². The Balaban J connectivity index is 2.28. The van der Waals surface area contributed by atoms with E-state index in [1.54, 1.807) is 11.8 Å². The van der Waals surface area contributed by atoms with Gasteiger partial charge in [0.2, 0.25) is 0 Å². The minimum absolute atomic E-state index is 0.385. The second kappa shape index (κ2) is 5.71. The van der Waals surface area contributed by atoms with E-state index < -0.39 is 12.5 Å². The van der Waals surface area contributed by atoms with Gasteiger partial charge in [-0.1, -0.05) is 6.07 Å². The molecule has 1 aliphatic heterocycles. The normalized spacial score (nSPS) is 19.2. The summed E-state index contributed by atoms with van der Waals surface area (Å²) < 4.78 is 39.6. The van der Waals surface area contributed by atoms with Crippen LogP contribution in [0.5, 0.6) is 0 Å². The summed E-state index contributed by atoms with van der Waals surface area (Å²) in [6.45, 7) is 4.28. The number of alkyl halides is 2. The molecule has 2 nitrogen and oxygen atoms in total. The largest absolute Gasteiger partial charge is 0.314 e. The summed E-state index contributed by atoms with van der Waals surface area (Å²) in [4.78, 5) is 1.77. The molecule has 1 aromatic rings. The predicted octanol–water partition coefficient (Wildman–Crippen LogP) is 2.35. The zero-order valence-electron chi connectivity index (χ0n) is 10.3. The van der Waals surface area contributed by atoms with Gasteiger partial charge in [-0.05, 0) is 30.2 Å². The smallest absolute Gasteiger partial charge is 0.258 e. The zero-order valence-corrected chi connectivity index (χ0v) is 10.3. The molecule has 1 aliphatic rings. The van der Waals surface area contributed by atoms with E-state index in [1.165, 1.54) is 18.2 Å². The summed E-state index contributed by atoms with van der Waals surface area (Å²) in [5.41, 5.74) is 1.10. The molecular weight excluding hydrogens is 241 g/mol. The van der Waals surface area contributed by atoms with Gasteiger partial charge >= 0.3 is 0 Å². The first-order valence-corrected chi connectivity index (χ1v) is 6.08. The molecule has 0 radical (unpaired) electrons. The molecule has 1 fully saturated rings. The highest BCUT2D eigenvalue weighted by molar-refractivity contribution is 5.30. The van der Waals surface area contributed by atoms with Crippen molar-refractivity contribution in [2.75, 3.05) is 26.2 Å². The number of nitrogens with zero attached hydrogens (tertiary/aromatic N) is 1. The Morgan fingerprint density at radius 3 is 2.44 bits per heavy atom. The first-order valence-electron chi connectivity index (χ1n) is 6.08. The van der Waals surface area contributed by atoms with Crippen molar-refractivity contribution in [3.8, 4) is 0 Å². The lowest BCUT2D eigenvalue weighted by atomic mass is 9.99. The fourth-order valence-corrected chi connectivity index (χ4v) is 2.42. The van der Waals surface area contributed by atoms with Crippen molar-refractivity contribution in [3.63, 3.8) is 0 Å². The summed E-state index contributed by atoms with van der Waals surface area (Å²) in [6, 6.07) is 3.10. The summed E-state index contributed by atoms with van der Waals surface area (Å²) in [5.74, 6) is -0.385. The summed E-state index contributed by atoms with van der Waals surface area (Å²) >= 11 is 0.